The second-order valence-corrected chi connectivity index (χ2v) is 4.36. The lowest BCUT2D eigenvalue weighted by atomic mass is 9.88. The number of hydrogen-bond donors (Lipinski definition) is 1. The number of aromatic nitrogens is 2. The van der Waals surface area contributed by atoms with Gasteiger partial charge in [-0.05, 0) is 17.7 Å². The monoisotopic (exact) mass is 263 g/mol. The minimum atomic E-state index is 0.415. The largest absolute Gasteiger partial charge is 0.472 e. The molecule has 0 bridgehead atoms. The first-order valence-electron chi connectivity index (χ1n) is 6.26. The number of ether oxygens (including phenoxy) is 1. The van der Waals surface area contributed by atoms with E-state index in [0.29, 0.717) is 12.5 Å². The normalized spacial score (nSPS) is 10.4. The maximum absolute atomic E-state index is 8.86. The van der Waals surface area contributed by atoms with Crippen molar-refractivity contribution in [3.05, 3.63) is 60.3 Å². The van der Waals surface area contributed by atoms with Gasteiger partial charge in [-0.2, -0.15) is 0 Å². The molecule has 2 aromatic carbocycles. The third-order valence-corrected chi connectivity index (χ3v) is 2.94. The maximum Gasteiger partial charge on any atom is 0.326 e. The van der Waals surface area contributed by atoms with E-state index in [9.17, 15) is 0 Å². The zero-order chi connectivity index (χ0) is 13.8. The third kappa shape index (κ3) is 2.78. The number of hydrogen-bond acceptors (Lipinski definition) is 4. The van der Waals surface area contributed by atoms with Crippen molar-refractivity contribution in [2.45, 2.75) is 6.61 Å². The summed E-state index contributed by atoms with van der Waals surface area (Å²) in [6.45, 7) is 0.415. The van der Waals surface area contributed by atoms with Crippen LogP contribution in [0.2, 0.25) is 0 Å². The lowest BCUT2D eigenvalue weighted by Gasteiger charge is -2.06. The van der Waals surface area contributed by atoms with Crippen molar-refractivity contribution in [2.75, 3.05) is 0 Å². The van der Waals surface area contributed by atoms with E-state index in [1.54, 1.807) is 6.20 Å². The molecule has 1 N–H and O–H groups in total. The van der Waals surface area contributed by atoms with Crippen molar-refractivity contribution in [2.24, 2.45) is 0 Å². The van der Waals surface area contributed by atoms with Crippen LogP contribution in [0.1, 0.15) is 5.56 Å². The number of fused-ring (bicyclic) bond motifs is 1. The summed E-state index contributed by atoms with van der Waals surface area (Å²) < 4.78 is 5.63. The van der Waals surface area contributed by atoms with Gasteiger partial charge in [0.15, 0.2) is 0 Å². The summed E-state index contributed by atoms with van der Waals surface area (Å²) in [4.78, 5) is 8.69. The van der Waals surface area contributed by atoms with Crippen LogP contribution in [-0.4, -0.2) is 22.5 Å². The highest BCUT2D eigenvalue weighted by Gasteiger charge is 2.01. The molecule has 3 aromatic rings. The van der Waals surface area contributed by atoms with Crippen LogP contribution in [-0.2, 0) is 6.61 Å². The smallest absolute Gasteiger partial charge is 0.326 e. The Balaban J connectivity index is 1.72. The summed E-state index contributed by atoms with van der Waals surface area (Å²) in [7, 11) is 1.07. The highest BCUT2D eigenvalue weighted by molar-refractivity contribution is 6.45. The van der Waals surface area contributed by atoms with E-state index < -0.39 is 0 Å². The van der Waals surface area contributed by atoms with E-state index in [1.807, 2.05) is 48.5 Å². The summed E-state index contributed by atoms with van der Waals surface area (Å²) in [6, 6.07) is 15.1. The first-order valence-corrected chi connectivity index (χ1v) is 6.26. The predicted octanol–water partition coefficient (Wildman–Crippen LogP) is 1.45. The van der Waals surface area contributed by atoms with Crippen molar-refractivity contribution in [3.8, 4) is 5.88 Å². The van der Waals surface area contributed by atoms with Gasteiger partial charge in [0.2, 0.25) is 5.88 Å². The Morgan fingerprint density at radius 3 is 2.50 bits per heavy atom. The van der Waals surface area contributed by atoms with Crippen molar-refractivity contribution >= 4 is 24.0 Å². The second kappa shape index (κ2) is 5.71. The van der Waals surface area contributed by atoms with Gasteiger partial charge < -0.3 is 9.76 Å². The fourth-order valence-electron chi connectivity index (χ4n) is 1.87. The number of rotatable bonds is 4. The Bertz CT molecular complexity index is 716. The fourth-order valence-corrected chi connectivity index (χ4v) is 1.87. The quantitative estimate of drug-likeness (QED) is 0.724. The average Bonchev–Trinajstić information content (AvgIpc) is 2.53. The molecule has 5 heteroatoms. The Morgan fingerprint density at radius 1 is 1.00 bits per heavy atom. The molecule has 0 saturated heterocycles. The molecule has 4 nitrogen and oxygen atoms in total. The van der Waals surface area contributed by atoms with Crippen LogP contribution in [0.15, 0.2) is 54.7 Å². The molecular weight excluding hydrogens is 251 g/mol. The summed E-state index contributed by atoms with van der Waals surface area (Å²) in [5, 5.41) is 8.86. The van der Waals surface area contributed by atoms with Crippen molar-refractivity contribution in [1.29, 1.82) is 0 Å². The molecule has 0 aliphatic carbocycles. The maximum atomic E-state index is 8.86. The van der Waals surface area contributed by atoms with Crippen molar-refractivity contribution in [1.82, 2.24) is 9.97 Å². The van der Waals surface area contributed by atoms with Crippen LogP contribution in [0, 0.1) is 0 Å². The zero-order valence-corrected chi connectivity index (χ0v) is 10.7. The van der Waals surface area contributed by atoms with E-state index in [2.05, 4.69) is 9.97 Å². The standard InChI is InChI=1S/C15H12BN2O2/c19-16-12-7-5-11(6-8-12)10-20-15-9-17-13-3-1-2-4-14(13)18-15/h1-9,19H,10H2. The molecule has 0 atom stereocenters. The van der Waals surface area contributed by atoms with Crippen LogP contribution < -0.4 is 10.2 Å². The van der Waals surface area contributed by atoms with E-state index >= 15 is 0 Å². The number of benzene rings is 2. The number of nitrogens with zero attached hydrogens (tertiary/aromatic N) is 2. The Kier molecular flexibility index (Phi) is 3.61. The molecule has 20 heavy (non-hydrogen) atoms. The van der Waals surface area contributed by atoms with Crippen molar-refractivity contribution in [3.63, 3.8) is 0 Å². The molecule has 1 aromatic heterocycles. The summed E-state index contributed by atoms with van der Waals surface area (Å²) in [5.41, 5.74) is 3.43. The average molecular weight is 263 g/mol. The summed E-state index contributed by atoms with van der Waals surface area (Å²) in [6.07, 6.45) is 1.62. The first-order chi connectivity index (χ1) is 9.85. The topological polar surface area (TPSA) is 55.2 Å². The van der Waals surface area contributed by atoms with Gasteiger partial charge in [-0.25, -0.2) is 9.97 Å². The van der Waals surface area contributed by atoms with Gasteiger partial charge in [-0.3, -0.25) is 0 Å². The fraction of sp³-hybridized carbons (Fsp3) is 0.0667. The van der Waals surface area contributed by atoms with Crippen LogP contribution in [0.3, 0.4) is 0 Å². The molecule has 0 spiro atoms. The SMILES string of the molecule is O[B]c1ccc(COc2cnc3ccccc3n2)cc1. The van der Waals surface area contributed by atoms with Gasteiger partial charge >= 0.3 is 7.48 Å². The van der Waals surface area contributed by atoms with E-state index in [4.69, 9.17) is 9.76 Å². The summed E-state index contributed by atoms with van der Waals surface area (Å²) in [5.74, 6) is 0.501. The van der Waals surface area contributed by atoms with Crippen LogP contribution >= 0.6 is 0 Å². The van der Waals surface area contributed by atoms with Gasteiger partial charge in [0.1, 0.15) is 6.61 Å². The molecule has 0 aliphatic heterocycles. The molecule has 0 aliphatic rings. The summed E-state index contributed by atoms with van der Waals surface area (Å²) >= 11 is 0. The lowest BCUT2D eigenvalue weighted by Crippen LogP contribution is -2.12. The molecule has 1 heterocycles. The lowest BCUT2D eigenvalue weighted by molar-refractivity contribution is 0.294. The highest BCUT2D eigenvalue weighted by Crippen LogP contribution is 2.14. The minimum absolute atomic E-state index is 0.415. The first kappa shape index (κ1) is 12.6. The minimum Gasteiger partial charge on any atom is -0.472 e. The van der Waals surface area contributed by atoms with Gasteiger partial charge in [-0.1, -0.05) is 41.9 Å². The molecule has 1 radical (unpaired) electrons. The van der Waals surface area contributed by atoms with E-state index in [-0.39, 0.29) is 0 Å². The molecule has 0 amide bonds. The van der Waals surface area contributed by atoms with Gasteiger partial charge in [0.25, 0.3) is 0 Å². The van der Waals surface area contributed by atoms with Crippen LogP contribution in [0.25, 0.3) is 11.0 Å². The molecule has 3 rings (SSSR count). The second-order valence-electron chi connectivity index (χ2n) is 4.36. The Hall–Kier alpha value is -2.40. The van der Waals surface area contributed by atoms with E-state index in [1.165, 1.54) is 0 Å². The Morgan fingerprint density at radius 2 is 1.75 bits per heavy atom. The van der Waals surface area contributed by atoms with Crippen LogP contribution in [0.5, 0.6) is 5.88 Å². The third-order valence-electron chi connectivity index (χ3n) is 2.94. The zero-order valence-electron chi connectivity index (χ0n) is 10.7. The Labute approximate surface area is 117 Å². The predicted molar refractivity (Wildman–Crippen MR) is 77.9 cm³/mol. The molecule has 97 valence electrons. The van der Waals surface area contributed by atoms with Crippen LogP contribution in [0.4, 0.5) is 0 Å². The van der Waals surface area contributed by atoms with Gasteiger partial charge in [0.05, 0.1) is 17.2 Å². The van der Waals surface area contributed by atoms with Gasteiger partial charge in [0, 0.05) is 0 Å². The molecule has 0 fully saturated rings. The molecular formula is C15H12BN2O2. The van der Waals surface area contributed by atoms with Gasteiger partial charge in [-0.15, -0.1) is 0 Å². The van der Waals surface area contributed by atoms with Crippen molar-refractivity contribution < 1.29 is 9.76 Å². The van der Waals surface area contributed by atoms with E-state index in [0.717, 1.165) is 29.5 Å². The highest BCUT2D eigenvalue weighted by atomic mass is 16.5. The molecule has 0 saturated carbocycles. The number of para-hydroxylation sites is 2. The molecule has 0 unspecified atom stereocenters.